The van der Waals surface area contributed by atoms with Crippen molar-refractivity contribution in [1.82, 2.24) is 4.98 Å². The van der Waals surface area contributed by atoms with Gasteiger partial charge in [0.2, 0.25) is 0 Å². The normalized spacial score (nSPS) is 10.5. The number of aryl methyl sites for hydroxylation is 3. The standard InChI is InChI=1S/C16H19BrN2O/c1-9-6-7-14(20-5)11(3)15(9)19-13-8-10(2)12(4)18-16(13)17/h6-8,19H,1-5H3. The Morgan fingerprint density at radius 2 is 1.80 bits per heavy atom. The Morgan fingerprint density at radius 1 is 1.10 bits per heavy atom. The van der Waals surface area contributed by atoms with E-state index in [4.69, 9.17) is 4.74 Å². The van der Waals surface area contributed by atoms with Gasteiger partial charge in [0.05, 0.1) is 12.8 Å². The molecule has 0 aliphatic rings. The fourth-order valence-electron chi connectivity index (χ4n) is 2.14. The van der Waals surface area contributed by atoms with E-state index in [1.807, 2.05) is 13.0 Å². The molecule has 0 spiro atoms. The Hall–Kier alpha value is -1.55. The summed E-state index contributed by atoms with van der Waals surface area (Å²) in [6.45, 7) is 8.20. The molecule has 0 saturated heterocycles. The highest BCUT2D eigenvalue weighted by atomic mass is 79.9. The van der Waals surface area contributed by atoms with Gasteiger partial charge < -0.3 is 10.1 Å². The molecule has 1 aromatic heterocycles. The molecule has 0 unspecified atom stereocenters. The molecule has 1 heterocycles. The third kappa shape index (κ3) is 2.80. The maximum Gasteiger partial charge on any atom is 0.129 e. The van der Waals surface area contributed by atoms with Gasteiger partial charge in [-0.05, 0) is 66.9 Å². The van der Waals surface area contributed by atoms with Crippen molar-refractivity contribution in [2.45, 2.75) is 27.7 Å². The molecule has 0 atom stereocenters. The number of rotatable bonds is 3. The Morgan fingerprint density at radius 3 is 2.45 bits per heavy atom. The second-order valence-electron chi connectivity index (χ2n) is 4.94. The zero-order valence-electron chi connectivity index (χ0n) is 12.5. The van der Waals surface area contributed by atoms with Gasteiger partial charge in [-0.15, -0.1) is 0 Å². The first kappa shape index (κ1) is 14.9. The van der Waals surface area contributed by atoms with Gasteiger partial charge >= 0.3 is 0 Å². The number of pyridine rings is 1. The van der Waals surface area contributed by atoms with E-state index in [-0.39, 0.29) is 0 Å². The van der Waals surface area contributed by atoms with Gasteiger partial charge in [0.25, 0.3) is 0 Å². The van der Waals surface area contributed by atoms with Crippen LogP contribution in [0.15, 0.2) is 22.8 Å². The number of methoxy groups -OCH3 is 1. The summed E-state index contributed by atoms with van der Waals surface area (Å²) in [7, 11) is 1.69. The first-order valence-electron chi connectivity index (χ1n) is 6.49. The fourth-order valence-corrected chi connectivity index (χ4v) is 2.62. The van der Waals surface area contributed by atoms with Crippen LogP contribution < -0.4 is 10.1 Å². The van der Waals surface area contributed by atoms with E-state index in [9.17, 15) is 0 Å². The summed E-state index contributed by atoms with van der Waals surface area (Å²) in [5.41, 5.74) is 6.49. The van der Waals surface area contributed by atoms with E-state index in [1.54, 1.807) is 7.11 Å². The van der Waals surface area contributed by atoms with Crippen LogP contribution in [0.5, 0.6) is 5.75 Å². The largest absolute Gasteiger partial charge is 0.496 e. The lowest BCUT2D eigenvalue weighted by atomic mass is 10.1. The third-order valence-corrected chi connectivity index (χ3v) is 4.13. The summed E-state index contributed by atoms with van der Waals surface area (Å²) in [5, 5.41) is 3.46. The van der Waals surface area contributed by atoms with E-state index in [2.05, 4.69) is 59.1 Å². The molecule has 0 fully saturated rings. The van der Waals surface area contributed by atoms with Crippen LogP contribution in [0.1, 0.15) is 22.4 Å². The zero-order valence-corrected chi connectivity index (χ0v) is 14.1. The van der Waals surface area contributed by atoms with Gasteiger partial charge in [-0.1, -0.05) is 6.07 Å². The Labute approximate surface area is 128 Å². The number of hydrogen-bond donors (Lipinski definition) is 1. The minimum atomic E-state index is 0.821. The molecular formula is C16H19BrN2O. The first-order valence-corrected chi connectivity index (χ1v) is 7.28. The van der Waals surface area contributed by atoms with Gasteiger partial charge in [-0.3, -0.25) is 0 Å². The van der Waals surface area contributed by atoms with Gasteiger partial charge in [0.1, 0.15) is 10.4 Å². The van der Waals surface area contributed by atoms with Crippen molar-refractivity contribution >= 4 is 27.3 Å². The lowest BCUT2D eigenvalue weighted by molar-refractivity contribution is 0.412. The summed E-state index contributed by atoms with van der Waals surface area (Å²) in [5.74, 6) is 0.881. The van der Waals surface area contributed by atoms with Gasteiger partial charge in [-0.25, -0.2) is 4.98 Å². The average Bonchev–Trinajstić information content (AvgIpc) is 2.40. The van der Waals surface area contributed by atoms with Gasteiger partial charge in [-0.2, -0.15) is 0 Å². The minimum Gasteiger partial charge on any atom is -0.496 e. The van der Waals surface area contributed by atoms with Crippen molar-refractivity contribution in [3.63, 3.8) is 0 Å². The molecule has 2 rings (SSSR count). The summed E-state index contributed by atoms with van der Waals surface area (Å²) >= 11 is 3.52. The van der Waals surface area contributed by atoms with Crippen molar-refractivity contribution in [3.8, 4) is 5.75 Å². The van der Waals surface area contributed by atoms with Crippen LogP contribution >= 0.6 is 15.9 Å². The maximum atomic E-state index is 5.38. The molecule has 2 aromatic rings. The number of halogens is 1. The average molecular weight is 335 g/mol. The highest BCUT2D eigenvalue weighted by Crippen LogP contribution is 2.33. The van der Waals surface area contributed by atoms with Gasteiger partial charge in [0, 0.05) is 16.9 Å². The molecule has 0 amide bonds. The number of benzene rings is 1. The van der Waals surface area contributed by atoms with Crippen LogP contribution in [0.3, 0.4) is 0 Å². The molecule has 1 N–H and O–H groups in total. The Balaban J connectivity index is 2.47. The Bertz CT molecular complexity index is 653. The van der Waals surface area contributed by atoms with E-state index in [1.165, 1.54) is 5.56 Å². The quantitative estimate of drug-likeness (QED) is 0.816. The molecule has 1 aromatic carbocycles. The number of hydrogen-bond acceptors (Lipinski definition) is 3. The van der Waals surface area contributed by atoms with Crippen molar-refractivity contribution < 1.29 is 4.74 Å². The number of nitrogens with zero attached hydrogens (tertiary/aromatic N) is 1. The summed E-state index contributed by atoms with van der Waals surface area (Å²) in [4.78, 5) is 4.49. The SMILES string of the molecule is COc1ccc(C)c(Nc2cc(C)c(C)nc2Br)c1C. The van der Waals surface area contributed by atoms with Crippen molar-refractivity contribution in [2.75, 3.05) is 12.4 Å². The fraction of sp³-hybridized carbons (Fsp3) is 0.312. The van der Waals surface area contributed by atoms with Crippen molar-refractivity contribution in [2.24, 2.45) is 0 Å². The van der Waals surface area contributed by atoms with E-state index < -0.39 is 0 Å². The van der Waals surface area contributed by atoms with Crippen LogP contribution in [0.2, 0.25) is 0 Å². The van der Waals surface area contributed by atoms with Crippen LogP contribution in [0, 0.1) is 27.7 Å². The van der Waals surface area contributed by atoms with Crippen molar-refractivity contribution in [1.29, 1.82) is 0 Å². The highest BCUT2D eigenvalue weighted by molar-refractivity contribution is 9.10. The smallest absolute Gasteiger partial charge is 0.129 e. The highest BCUT2D eigenvalue weighted by Gasteiger charge is 2.11. The molecule has 106 valence electrons. The molecule has 0 aliphatic heterocycles. The minimum absolute atomic E-state index is 0.821. The number of aromatic nitrogens is 1. The molecule has 0 saturated carbocycles. The molecule has 0 bridgehead atoms. The van der Waals surface area contributed by atoms with Crippen LogP contribution in [-0.4, -0.2) is 12.1 Å². The number of anilines is 2. The predicted molar refractivity (Wildman–Crippen MR) is 87.2 cm³/mol. The van der Waals surface area contributed by atoms with Crippen LogP contribution in [-0.2, 0) is 0 Å². The summed E-state index contributed by atoms with van der Waals surface area (Å²) in [6, 6.07) is 6.14. The Kier molecular flexibility index (Phi) is 4.33. The van der Waals surface area contributed by atoms with E-state index in [0.29, 0.717) is 0 Å². The summed E-state index contributed by atoms with van der Waals surface area (Å²) < 4.78 is 6.21. The van der Waals surface area contributed by atoms with Gasteiger partial charge in [0.15, 0.2) is 0 Å². The topological polar surface area (TPSA) is 34.1 Å². The van der Waals surface area contributed by atoms with Crippen molar-refractivity contribution in [3.05, 3.63) is 45.2 Å². The monoisotopic (exact) mass is 334 g/mol. The number of nitrogens with one attached hydrogen (secondary N) is 1. The second-order valence-corrected chi connectivity index (χ2v) is 5.69. The molecule has 0 radical (unpaired) electrons. The summed E-state index contributed by atoms with van der Waals surface area (Å²) in [6.07, 6.45) is 0. The van der Waals surface area contributed by atoms with Crippen LogP contribution in [0.4, 0.5) is 11.4 Å². The van der Waals surface area contributed by atoms with Crippen LogP contribution in [0.25, 0.3) is 0 Å². The first-order chi connectivity index (χ1) is 9.43. The second kappa shape index (κ2) is 5.83. The molecule has 20 heavy (non-hydrogen) atoms. The van der Waals surface area contributed by atoms with E-state index >= 15 is 0 Å². The lowest BCUT2D eigenvalue weighted by Gasteiger charge is -2.17. The maximum absolute atomic E-state index is 5.38. The number of ether oxygens (including phenoxy) is 1. The zero-order chi connectivity index (χ0) is 14.9. The lowest BCUT2D eigenvalue weighted by Crippen LogP contribution is -2.01. The molecule has 0 aliphatic carbocycles. The van der Waals surface area contributed by atoms with E-state index in [0.717, 1.165) is 38.5 Å². The molecular weight excluding hydrogens is 316 g/mol. The third-order valence-electron chi connectivity index (χ3n) is 3.52. The molecule has 3 nitrogen and oxygen atoms in total. The predicted octanol–water partition coefficient (Wildman–Crippen LogP) is 4.83. The molecule has 4 heteroatoms.